The Kier molecular flexibility index (Phi) is 4.08. The third-order valence-corrected chi connectivity index (χ3v) is 3.41. The van der Waals surface area contributed by atoms with Crippen molar-refractivity contribution >= 4 is 28.2 Å². The van der Waals surface area contributed by atoms with Crippen LogP contribution in [-0.4, -0.2) is 25.9 Å². The summed E-state index contributed by atoms with van der Waals surface area (Å²) in [5.41, 5.74) is 4.88. The molecule has 3 rings (SSSR count). The summed E-state index contributed by atoms with van der Waals surface area (Å²) in [6.45, 7) is -0.478. The molecule has 0 aliphatic heterocycles. The number of carbonyl (C=O) groups is 1. The molecule has 1 heterocycles. The molecule has 0 unspecified atom stereocenters. The Bertz CT molecular complexity index is 1050. The number of nitrogens with zero attached hydrogens (tertiary/aromatic N) is 4. The van der Waals surface area contributed by atoms with Gasteiger partial charge in [0.15, 0.2) is 6.73 Å². The van der Waals surface area contributed by atoms with E-state index < -0.39 is 28.9 Å². The van der Waals surface area contributed by atoms with Crippen molar-refractivity contribution in [1.29, 1.82) is 0 Å². The van der Waals surface area contributed by atoms with Gasteiger partial charge in [-0.05, 0) is 24.3 Å². The number of aromatic nitrogens is 3. The van der Waals surface area contributed by atoms with E-state index in [1.54, 1.807) is 24.3 Å². The van der Waals surface area contributed by atoms with Crippen LogP contribution in [0.4, 0.5) is 11.4 Å². The molecular formula is C15H11N5O5. The van der Waals surface area contributed by atoms with Crippen molar-refractivity contribution in [3.05, 3.63) is 68.5 Å². The fraction of sp³-hybridized carbons (Fsp3) is 0.0667. The van der Waals surface area contributed by atoms with Crippen LogP contribution in [0.25, 0.3) is 10.9 Å². The molecule has 10 nitrogen and oxygen atoms in total. The highest BCUT2D eigenvalue weighted by Gasteiger charge is 2.17. The van der Waals surface area contributed by atoms with Crippen molar-refractivity contribution in [3.8, 4) is 0 Å². The molecule has 10 heteroatoms. The lowest BCUT2D eigenvalue weighted by molar-refractivity contribution is -0.383. The number of nitrogens with two attached hydrogens (primary N) is 1. The van der Waals surface area contributed by atoms with Crippen LogP contribution in [0.2, 0.25) is 0 Å². The van der Waals surface area contributed by atoms with Crippen LogP contribution in [0.5, 0.6) is 0 Å². The zero-order valence-corrected chi connectivity index (χ0v) is 12.7. The first kappa shape index (κ1) is 16.1. The summed E-state index contributed by atoms with van der Waals surface area (Å²) >= 11 is 0. The number of esters is 1. The van der Waals surface area contributed by atoms with Crippen molar-refractivity contribution in [2.75, 3.05) is 5.73 Å². The van der Waals surface area contributed by atoms with E-state index in [1.807, 2.05) is 0 Å². The van der Waals surface area contributed by atoms with Crippen LogP contribution in [0.15, 0.2) is 47.3 Å². The monoisotopic (exact) mass is 341 g/mol. The van der Waals surface area contributed by atoms with E-state index in [0.29, 0.717) is 10.9 Å². The zero-order chi connectivity index (χ0) is 18.0. The standard InChI is InChI=1S/C15H11N5O5/c16-11-6-5-9(7-13(11)20(23)24)15(22)25-8-19-14(21)10-3-1-2-4-12(10)17-18-19/h1-7H,8,16H2. The fourth-order valence-electron chi connectivity index (χ4n) is 2.14. The number of nitro groups is 1. The maximum absolute atomic E-state index is 12.2. The summed E-state index contributed by atoms with van der Waals surface area (Å²) in [6.07, 6.45) is 0. The van der Waals surface area contributed by atoms with Gasteiger partial charge in [-0.15, -0.1) is 5.10 Å². The van der Waals surface area contributed by atoms with Gasteiger partial charge in [-0.3, -0.25) is 14.9 Å². The fourth-order valence-corrected chi connectivity index (χ4v) is 2.14. The molecule has 126 valence electrons. The number of benzene rings is 2. The Hall–Kier alpha value is -3.82. The number of rotatable bonds is 4. The first-order chi connectivity index (χ1) is 12.0. The maximum Gasteiger partial charge on any atom is 0.340 e. The smallest absolute Gasteiger partial charge is 0.340 e. The van der Waals surface area contributed by atoms with E-state index in [4.69, 9.17) is 10.5 Å². The highest BCUT2D eigenvalue weighted by Crippen LogP contribution is 2.22. The van der Waals surface area contributed by atoms with Gasteiger partial charge in [-0.2, -0.15) is 4.68 Å². The quantitative estimate of drug-likeness (QED) is 0.321. The zero-order valence-electron chi connectivity index (χ0n) is 12.7. The molecule has 0 aliphatic carbocycles. The normalized spacial score (nSPS) is 10.6. The number of anilines is 1. The molecule has 1 aromatic heterocycles. The van der Waals surface area contributed by atoms with Crippen molar-refractivity contribution in [1.82, 2.24) is 15.0 Å². The van der Waals surface area contributed by atoms with Crippen LogP contribution in [-0.2, 0) is 11.5 Å². The first-order valence-corrected chi connectivity index (χ1v) is 7.01. The third-order valence-electron chi connectivity index (χ3n) is 3.41. The molecule has 0 spiro atoms. The van der Waals surface area contributed by atoms with Crippen molar-refractivity contribution in [3.63, 3.8) is 0 Å². The lowest BCUT2D eigenvalue weighted by Crippen LogP contribution is -2.26. The van der Waals surface area contributed by atoms with Gasteiger partial charge in [0.1, 0.15) is 11.2 Å². The highest BCUT2D eigenvalue weighted by molar-refractivity contribution is 5.91. The molecule has 0 aliphatic rings. The lowest BCUT2D eigenvalue weighted by Gasteiger charge is -2.07. The number of ether oxygens (including phenoxy) is 1. The minimum absolute atomic E-state index is 0.0669. The summed E-state index contributed by atoms with van der Waals surface area (Å²) in [6, 6.07) is 10.1. The Balaban J connectivity index is 1.81. The van der Waals surface area contributed by atoms with Gasteiger partial charge >= 0.3 is 5.97 Å². The lowest BCUT2D eigenvalue weighted by atomic mass is 10.2. The van der Waals surface area contributed by atoms with E-state index in [2.05, 4.69) is 10.3 Å². The van der Waals surface area contributed by atoms with Crippen LogP contribution in [0.1, 0.15) is 10.4 Å². The Morgan fingerprint density at radius 3 is 2.80 bits per heavy atom. The van der Waals surface area contributed by atoms with E-state index >= 15 is 0 Å². The largest absolute Gasteiger partial charge is 0.439 e. The number of nitro benzene ring substituents is 1. The summed E-state index contributed by atoms with van der Waals surface area (Å²) in [5.74, 6) is -0.857. The second-order valence-corrected chi connectivity index (χ2v) is 5.00. The third kappa shape index (κ3) is 3.13. The molecule has 0 saturated carbocycles. The summed E-state index contributed by atoms with van der Waals surface area (Å²) in [7, 11) is 0. The molecule has 2 N–H and O–H groups in total. The van der Waals surface area contributed by atoms with Gasteiger partial charge < -0.3 is 10.5 Å². The van der Waals surface area contributed by atoms with Gasteiger partial charge in [0.25, 0.3) is 11.2 Å². The van der Waals surface area contributed by atoms with Crippen molar-refractivity contribution in [2.45, 2.75) is 6.73 Å². The Morgan fingerprint density at radius 2 is 2.04 bits per heavy atom. The Labute approximate surface area is 139 Å². The van der Waals surface area contributed by atoms with E-state index in [1.165, 1.54) is 12.1 Å². The van der Waals surface area contributed by atoms with E-state index in [0.717, 1.165) is 10.7 Å². The van der Waals surface area contributed by atoms with Gasteiger partial charge in [-0.1, -0.05) is 17.3 Å². The predicted molar refractivity (Wildman–Crippen MR) is 86.7 cm³/mol. The molecule has 0 amide bonds. The van der Waals surface area contributed by atoms with Crippen LogP contribution in [0.3, 0.4) is 0 Å². The number of nitrogen functional groups attached to an aromatic ring is 1. The summed E-state index contributed by atoms with van der Waals surface area (Å²) in [5, 5.41) is 18.7. The Morgan fingerprint density at radius 1 is 1.28 bits per heavy atom. The molecule has 0 saturated heterocycles. The van der Waals surface area contributed by atoms with Crippen LogP contribution >= 0.6 is 0 Å². The predicted octanol–water partition coefficient (Wildman–Crippen LogP) is 1.10. The second-order valence-electron chi connectivity index (χ2n) is 5.00. The molecular weight excluding hydrogens is 330 g/mol. The molecule has 0 radical (unpaired) electrons. The minimum Gasteiger partial charge on any atom is -0.439 e. The number of hydrogen-bond donors (Lipinski definition) is 1. The van der Waals surface area contributed by atoms with Gasteiger partial charge in [0, 0.05) is 6.07 Å². The molecule has 0 bridgehead atoms. The molecule has 2 aromatic carbocycles. The molecule has 25 heavy (non-hydrogen) atoms. The number of hydrogen-bond acceptors (Lipinski definition) is 8. The average molecular weight is 341 g/mol. The molecule has 0 fully saturated rings. The topological polar surface area (TPSA) is 143 Å². The maximum atomic E-state index is 12.2. The van der Waals surface area contributed by atoms with Crippen LogP contribution in [0, 0.1) is 10.1 Å². The summed E-state index contributed by atoms with van der Waals surface area (Å²) in [4.78, 5) is 34.4. The SMILES string of the molecule is Nc1ccc(C(=O)OCn2nnc3ccccc3c2=O)cc1[N+](=O)[O-]. The van der Waals surface area contributed by atoms with Crippen LogP contribution < -0.4 is 11.3 Å². The molecule has 3 aromatic rings. The first-order valence-electron chi connectivity index (χ1n) is 7.01. The average Bonchev–Trinajstić information content (AvgIpc) is 2.61. The molecule has 0 atom stereocenters. The van der Waals surface area contributed by atoms with Gasteiger partial charge in [0.05, 0.1) is 15.9 Å². The summed E-state index contributed by atoms with van der Waals surface area (Å²) < 4.78 is 5.86. The highest BCUT2D eigenvalue weighted by atomic mass is 16.6. The minimum atomic E-state index is -0.857. The van der Waals surface area contributed by atoms with Crippen molar-refractivity contribution in [2.24, 2.45) is 0 Å². The van der Waals surface area contributed by atoms with E-state index in [-0.39, 0.29) is 11.3 Å². The van der Waals surface area contributed by atoms with Crippen molar-refractivity contribution < 1.29 is 14.5 Å². The van der Waals surface area contributed by atoms with E-state index in [9.17, 15) is 19.7 Å². The number of fused-ring (bicyclic) bond motifs is 1. The second kappa shape index (κ2) is 6.35. The number of carbonyl (C=O) groups excluding carboxylic acids is 1. The van der Waals surface area contributed by atoms with Gasteiger partial charge in [-0.25, -0.2) is 4.79 Å². The van der Waals surface area contributed by atoms with Gasteiger partial charge in [0.2, 0.25) is 0 Å².